The van der Waals surface area contributed by atoms with Gasteiger partial charge in [-0.25, -0.2) is 9.97 Å². The van der Waals surface area contributed by atoms with Crippen molar-refractivity contribution in [1.29, 1.82) is 0 Å². The van der Waals surface area contributed by atoms with Crippen molar-refractivity contribution in [2.45, 2.75) is 10.9 Å². The van der Waals surface area contributed by atoms with Gasteiger partial charge in [0.1, 0.15) is 5.75 Å². The van der Waals surface area contributed by atoms with Crippen molar-refractivity contribution in [2.75, 3.05) is 5.43 Å². The summed E-state index contributed by atoms with van der Waals surface area (Å²) in [4.78, 5) is 8.66. The highest BCUT2D eigenvalue weighted by molar-refractivity contribution is 7.98. The van der Waals surface area contributed by atoms with Crippen LogP contribution < -0.4 is 5.43 Å². The lowest BCUT2D eigenvalue weighted by Crippen LogP contribution is -1.96. The summed E-state index contributed by atoms with van der Waals surface area (Å²) in [7, 11) is 0. The fraction of sp³-hybridized carbons (Fsp3) is 0.0556. The second-order valence-electron chi connectivity index (χ2n) is 4.93. The van der Waals surface area contributed by atoms with Crippen LogP contribution in [0.25, 0.3) is 0 Å². The molecule has 0 amide bonds. The van der Waals surface area contributed by atoms with Crippen LogP contribution in [0.3, 0.4) is 0 Å². The Labute approximate surface area is 144 Å². The normalized spacial score (nSPS) is 10.8. The van der Waals surface area contributed by atoms with E-state index < -0.39 is 0 Å². The average Bonchev–Trinajstić information content (AvgIpc) is 2.63. The molecule has 1 aromatic heterocycles. The Bertz CT molecular complexity index is 824. The number of nitrogens with zero attached hydrogens (tertiary/aromatic N) is 3. The molecule has 2 N–H and O–H groups in total. The molecule has 0 saturated heterocycles. The largest absolute Gasteiger partial charge is 0.507 e. The molecule has 0 aliphatic carbocycles. The molecule has 0 fully saturated rings. The molecule has 3 aromatic rings. The molecule has 5 nitrogen and oxygen atoms in total. The lowest BCUT2D eigenvalue weighted by atomic mass is 10.2. The summed E-state index contributed by atoms with van der Waals surface area (Å²) in [6.45, 7) is 0. The Morgan fingerprint density at radius 3 is 2.67 bits per heavy atom. The molecule has 0 unspecified atom stereocenters. The summed E-state index contributed by atoms with van der Waals surface area (Å²) < 4.78 is 0. The number of aromatic nitrogens is 2. The molecule has 24 heavy (non-hydrogen) atoms. The minimum atomic E-state index is 0.185. The predicted octanol–water partition coefficient (Wildman–Crippen LogP) is 3.92. The van der Waals surface area contributed by atoms with Crippen LogP contribution in [0.1, 0.15) is 11.1 Å². The third-order valence-electron chi connectivity index (χ3n) is 3.16. The van der Waals surface area contributed by atoms with Gasteiger partial charge in [0.2, 0.25) is 0 Å². The first kappa shape index (κ1) is 16.0. The van der Waals surface area contributed by atoms with Crippen LogP contribution in [0.15, 0.2) is 77.1 Å². The molecule has 0 bridgehead atoms. The zero-order valence-electron chi connectivity index (χ0n) is 12.8. The number of hydrogen-bond donors (Lipinski definition) is 2. The van der Waals surface area contributed by atoms with Crippen molar-refractivity contribution < 1.29 is 5.11 Å². The monoisotopic (exact) mass is 336 g/mol. The van der Waals surface area contributed by atoms with Crippen LogP contribution in [-0.4, -0.2) is 21.3 Å². The molecule has 6 heteroatoms. The summed E-state index contributed by atoms with van der Waals surface area (Å²) in [6, 6.07) is 18.9. The van der Waals surface area contributed by atoms with Gasteiger partial charge < -0.3 is 5.11 Å². The van der Waals surface area contributed by atoms with E-state index in [1.165, 1.54) is 5.56 Å². The first-order chi connectivity index (χ1) is 11.8. The molecule has 2 aromatic carbocycles. The second-order valence-corrected chi connectivity index (χ2v) is 5.87. The quantitative estimate of drug-likeness (QED) is 0.309. The van der Waals surface area contributed by atoms with E-state index in [4.69, 9.17) is 0 Å². The summed E-state index contributed by atoms with van der Waals surface area (Å²) in [5.41, 5.74) is 4.71. The third kappa shape index (κ3) is 4.57. The number of anilines is 1. The lowest BCUT2D eigenvalue weighted by Gasteiger charge is -2.03. The van der Waals surface area contributed by atoms with Crippen LogP contribution in [0.4, 0.5) is 5.82 Å². The van der Waals surface area contributed by atoms with Gasteiger partial charge in [0.15, 0.2) is 11.0 Å². The lowest BCUT2D eigenvalue weighted by molar-refractivity contribution is 0.474. The molecule has 1 heterocycles. The van der Waals surface area contributed by atoms with E-state index >= 15 is 0 Å². The molecular weight excluding hydrogens is 320 g/mol. The Morgan fingerprint density at radius 2 is 1.83 bits per heavy atom. The summed E-state index contributed by atoms with van der Waals surface area (Å²) in [5, 5.41) is 14.5. The Morgan fingerprint density at radius 1 is 1.04 bits per heavy atom. The number of aromatic hydroxyl groups is 1. The summed E-state index contributed by atoms with van der Waals surface area (Å²) in [6.07, 6.45) is 3.24. The summed E-state index contributed by atoms with van der Waals surface area (Å²) >= 11 is 1.57. The zero-order valence-corrected chi connectivity index (χ0v) is 13.6. The molecular formula is C18H16N4OS. The minimum absolute atomic E-state index is 0.185. The van der Waals surface area contributed by atoms with Crippen molar-refractivity contribution in [3.05, 3.63) is 78.0 Å². The maximum atomic E-state index is 9.68. The van der Waals surface area contributed by atoms with Gasteiger partial charge in [0.25, 0.3) is 0 Å². The fourth-order valence-electron chi connectivity index (χ4n) is 1.96. The van der Waals surface area contributed by atoms with E-state index in [0.29, 0.717) is 16.5 Å². The van der Waals surface area contributed by atoms with Crippen LogP contribution >= 0.6 is 11.8 Å². The number of thioether (sulfide) groups is 1. The van der Waals surface area contributed by atoms with Gasteiger partial charge in [-0.1, -0.05) is 54.2 Å². The molecule has 120 valence electrons. The Kier molecular flexibility index (Phi) is 5.42. The topological polar surface area (TPSA) is 70.4 Å². The van der Waals surface area contributed by atoms with Crippen molar-refractivity contribution in [2.24, 2.45) is 5.10 Å². The molecule has 0 spiro atoms. The molecule has 0 aliphatic heterocycles. The SMILES string of the molecule is Oc1ccccc1/C=N\Nc1ccnc(SCc2ccccc2)n1. The van der Waals surface area contributed by atoms with E-state index in [1.54, 1.807) is 48.4 Å². The summed E-state index contributed by atoms with van der Waals surface area (Å²) in [5.74, 6) is 1.60. The highest BCUT2D eigenvalue weighted by Crippen LogP contribution is 2.20. The van der Waals surface area contributed by atoms with Gasteiger partial charge in [-0.05, 0) is 17.7 Å². The smallest absolute Gasteiger partial charge is 0.189 e. The molecule has 0 aliphatic rings. The van der Waals surface area contributed by atoms with Gasteiger partial charge in [0, 0.05) is 23.6 Å². The number of phenolic OH excluding ortho intramolecular Hbond substituents is 1. The van der Waals surface area contributed by atoms with E-state index in [0.717, 1.165) is 5.75 Å². The second kappa shape index (κ2) is 8.12. The fourth-order valence-corrected chi connectivity index (χ4v) is 2.75. The number of para-hydroxylation sites is 1. The van der Waals surface area contributed by atoms with Gasteiger partial charge in [-0.3, -0.25) is 5.43 Å². The van der Waals surface area contributed by atoms with E-state index in [2.05, 4.69) is 32.6 Å². The molecule has 0 radical (unpaired) electrons. The van der Waals surface area contributed by atoms with Gasteiger partial charge in [0.05, 0.1) is 6.21 Å². The van der Waals surface area contributed by atoms with Crippen molar-refractivity contribution in [1.82, 2.24) is 9.97 Å². The van der Waals surface area contributed by atoms with Gasteiger partial charge in [-0.15, -0.1) is 0 Å². The Hall–Kier alpha value is -2.86. The van der Waals surface area contributed by atoms with Crippen molar-refractivity contribution in [3.63, 3.8) is 0 Å². The third-order valence-corrected chi connectivity index (χ3v) is 4.10. The first-order valence-corrected chi connectivity index (χ1v) is 8.37. The highest BCUT2D eigenvalue weighted by Gasteiger charge is 2.01. The Balaban J connectivity index is 1.60. The standard InChI is InChI=1S/C18H16N4OS/c23-16-9-5-4-8-15(16)12-20-22-17-10-11-19-18(21-17)24-13-14-6-2-1-3-7-14/h1-12,23H,13H2,(H,19,21,22)/b20-12-. The molecule has 0 atom stereocenters. The van der Waals surface area contributed by atoms with Crippen molar-refractivity contribution >= 4 is 23.8 Å². The number of benzene rings is 2. The van der Waals surface area contributed by atoms with E-state index in [-0.39, 0.29) is 5.75 Å². The van der Waals surface area contributed by atoms with Crippen molar-refractivity contribution in [3.8, 4) is 5.75 Å². The molecule has 0 saturated carbocycles. The van der Waals surface area contributed by atoms with Gasteiger partial charge >= 0.3 is 0 Å². The maximum Gasteiger partial charge on any atom is 0.189 e. The van der Waals surface area contributed by atoms with Crippen LogP contribution in [0.5, 0.6) is 5.75 Å². The number of nitrogens with one attached hydrogen (secondary N) is 1. The minimum Gasteiger partial charge on any atom is -0.507 e. The van der Waals surface area contributed by atoms with Crippen LogP contribution in [0.2, 0.25) is 0 Å². The predicted molar refractivity (Wildman–Crippen MR) is 97.4 cm³/mol. The number of hydrogen-bond acceptors (Lipinski definition) is 6. The van der Waals surface area contributed by atoms with Gasteiger partial charge in [-0.2, -0.15) is 5.10 Å². The zero-order chi connectivity index (χ0) is 16.6. The maximum absolute atomic E-state index is 9.68. The van der Waals surface area contributed by atoms with E-state index in [1.807, 2.05) is 24.3 Å². The number of rotatable bonds is 6. The number of phenols is 1. The van der Waals surface area contributed by atoms with Crippen LogP contribution in [-0.2, 0) is 5.75 Å². The first-order valence-electron chi connectivity index (χ1n) is 7.38. The molecule has 3 rings (SSSR count). The average molecular weight is 336 g/mol. The number of hydrazone groups is 1. The van der Waals surface area contributed by atoms with Crippen LogP contribution in [0, 0.1) is 0 Å². The highest BCUT2D eigenvalue weighted by atomic mass is 32.2. The van der Waals surface area contributed by atoms with E-state index in [9.17, 15) is 5.11 Å².